The lowest BCUT2D eigenvalue weighted by molar-refractivity contribution is 0.302. The molecular formula is C11H13N3O. The highest BCUT2D eigenvalue weighted by molar-refractivity contribution is 5.79. The van der Waals surface area contributed by atoms with Gasteiger partial charge in [-0.1, -0.05) is 12.1 Å². The van der Waals surface area contributed by atoms with Crippen LogP contribution in [0, 0.1) is 0 Å². The van der Waals surface area contributed by atoms with Crippen LogP contribution in [0.5, 0.6) is 0 Å². The Hall–Kier alpha value is -1.55. The Morgan fingerprint density at radius 3 is 3.00 bits per heavy atom. The number of β-amino-alcohol motifs (C(OH)–C–C–N with tert-alkyl or cyclic N) is 1. The van der Waals surface area contributed by atoms with Crippen LogP contribution in [-0.4, -0.2) is 34.4 Å². The Kier molecular flexibility index (Phi) is 1.89. The van der Waals surface area contributed by atoms with Gasteiger partial charge in [0.1, 0.15) is 0 Å². The van der Waals surface area contributed by atoms with Crippen LogP contribution >= 0.6 is 0 Å². The molecule has 15 heavy (non-hydrogen) atoms. The monoisotopic (exact) mass is 203 g/mol. The minimum Gasteiger partial charge on any atom is -0.395 e. The summed E-state index contributed by atoms with van der Waals surface area (Å²) in [6, 6.07) is 8.15. The van der Waals surface area contributed by atoms with Gasteiger partial charge in [0.2, 0.25) is 5.95 Å². The van der Waals surface area contributed by atoms with Gasteiger partial charge < -0.3 is 14.6 Å². The fourth-order valence-electron chi connectivity index (χ4n) is 2.18. The van der Waals surface area contributed by atoms with Gasteiger partial charge in [0.25, 0.3) is 0 Å². The number of aromatic nitrogens is 2. The van der Waals surface area contributed by atoms with Crippen molar-refractivity contribution in [1.29, 1.82) is 0 Å². The molecule has 0 amide bonds. The lowest BCUT2D eigenvalue weighted by atomic mass is 10.3. The molecule has 0 radical (unpaired) electrons. The molecule has 0 unspecified atom stereocenters. The quantitative estimate of drug-likeness (QED) is 0.786. The van der Waals surface area contributed by atoms with E-state index in [1.165, 1.54) is 5.52 Å². The number of hydrogen-bond donors (Lipinski definition) is 1. The molecule has 3 rings (SSSR count). The average molecular weight is 203 g/mol. The molecule has 1 N–H and O–H groups in total. The van der Waals surface area contributed by atoms with Crippen LogP contribution in [0.2, 0.25) is 0 Å². The summed E-state index contributed by atoms with van der Waals surface area (Å²) in [5.74, 6) is 0.991. The number of aliphatic hydroxyl groups excluding tert-OH is 1. The highest BCUT2D eigenvalue weighted by Gasteiger charge is 2.22. The van der Waals surface area contributed by atoms with Crippen LogP contribution in [0.15, 0.2) is 24.3 Å². The maximum absolute atomic E-state index is 8.95. The maximum Gasteiger partial charge on any atom is 0.206 e. The number of para-hydroxylation sites is 2. The van der Waals surface area contributed by atoms with Crippen molar-refractivity contribution < 1.29 is 5.11 Å². The van der Waals surface area contributed by atoms with Crippen molar-refractivity contribution in [2.75, 3.05) is 24.6 Å². The van der Waals surface area contributed by atoms with Crippen molar-refractivity contribution in [2.45, 2.75) is 6.54 Å². The molecule has 2 aromatic rings. The van der Waals surface area contributed by atoms with Gasteiger partial charge in [-0.05, 0) is 12.1 Å². The molecule has 1 aromatic carbocycles. The molecule has 1 aromatic heterocycles. The largest absolute Gasteiger partial charge is 0.395 e. The molecule has 4 nitrogen and oxygen atoms in total. The van der Waals surface area contributed by atoms with E-state index in [1.54, 1.807) is 0 Å². The molecule has 0 saturated heterocycles. The fourth-order valence-corrected chi connectivity index (χ4v) is 2.18. The summed E-state index contributed by atoms with van der Waals surface area (Å²) in [6.45, 7) is 2.77. The second-order valence-corrected chi connectivity index (χ2v) is 3.76. The minimum atomic E-state index is 0.184. The molecule has 0 aliphatic carbocycles. The first kappa shape index (κ1) is 8.73. The van der Waals surface area contributed by atoms with Gasteiger partial charge >= 0.3 is 0 Å². The SMILES string of the molecule is OCCN1CCn2c1nc1ccccc12. The first-order valence-electron chi connectivity index (χ1n) is 5.21. The molecule has 1 aliphatic rings. The third-order valence-corrected chi connectivity index (χ3v) is 2.88. The predicted octanol–water partition coefficient (Wildman–Crippen LogP) is 0.849. The third-order valence-electron chi connectivity index (χ3n) is 2.88. The smallest absolute Gasteiger partial charge is 0.206 e. The summed E-state index contributed by atoms with van der Waals surface area (Å²) < 4.78 is 2.21. The molecule has 0 atom stereocenters. The van der Waals surface area contributed by atoms with E-state index in [1.807, 2.05) is 18.2 Å². The second kappa shape index (κ2) is 3.24. The van der Waals surface area contributed by atoms with E-state index in [4.69, 9.17) is 5.11 Å². The van der Waals surface area contributed by atoms with E-state index in [2.05, 4.69) is 20.5 Å². The minimum absolute atomic E-state index is 0.184. The predicted molar refractivity (Wildman–Crippen MR) is 59.0 cm³/mol. The van der Waals surface area contributed by atoms with Gasteiger partial charge in [0.15, 0.2) is 0 Å². The highest BCUT2D eigenvalue weighted by Crippen LogP contribution is 2.26. The van der Waals surface area contributed by atoms with E-state index in [-0.39, 0.29) is 6.61 Å². The van der Waals surface area contributed by atoms with E-state index < -0.39 is 0 Å². The zero-order chi connectivity index (χ0) is 10.3. The topological polar surface area (TPSA) is 41.3 Å². The molecule has 0 spiro atoms. The van der Waals surface area contributed by atoms with Gasteiger partial charge in [0, 0.05) is 19.6 Å². The number of aliphatic hydroxyl groups is 1. The summed E-state index contributed by atoms with van der Waals surface area (Å²) in [4.78, 5) is 6.70. The van der Waals surface area contributed by atoms with Gasteiger partial charge in [-0.3, -0.25) is 0 Å². The summed E-state index contributed by atoms with van der Waals surface area (Å²) in [5, 5.41) is 8.95. The summed E-state index contributed by atoms with van der Waals surface area (Å²) >= 11 is 0. The number of benzene rings is 1. The van der Waals surface area contributed by atoms with Crippen molar-refractivity contribution in [1.82, 2.24) is 9.55 Å². The zero-order valence-corrected chi connectivity index (χ0v) is 8.43. The fraction of sp³-hybridized carbons (Fsp3) is 0.364. The Balaban J connectivity index is 2.13. The van der Waals surface area contributed by atoms with Crippen molar-refractivity contribution in [3.05, 3.63) is 24.3 Å². The number of imidazole rings is 1. The van der Waals surface area contributed by atoms with Gasteiger partial charge in [-0.25, -0.2) is 4.98 Å². The lowest BCUT2D eigenvalue weighted by Gasteiger charge is -2.13. The van der Waals surface area contributed by atoms with E-state index in [9.17, 15) is 0 Å². The van der Waals surface area contributed by atoms with Crippen LogP contribution in [0.1, 0.15) is 0 Å². The molecule has 0 saturated carbocycles. The summed E-state index contributed by atoms with van der Waals surface area (Å²) in [7, 11) is 0. The van der Waals surface area contributed by atoms with E-state index in [0.717, 1.165) is 24.6 Å². The zero-order valence-electron chi connectivity index (χ0n) is 8.43. The van der Waals surface area contributed by atoms with Crippen molar-refractivity contribution >= 4 is 17.0 Å². The Bertz CT molecular complexity index is 492. The molecule has 0 bridgehead atoms. The van der Waals surface area contributed by atoms with Gasteiger partial charge in [0.05, 0.1) is 17.6 Å². The van der Waals surface area contributed by atoms with E-state index in [0.29, 0.717) is 6.54 Å². The molecule has 78 valence electrons. The van der Waals surface area contributed by atoms with Crippen LogP contribution in [0.25, 0.3) is 11.0 Å². The first-order valence-corrected chi connectivity index (χ1v) is 5.21. The normalized spacial score (nSPS) is 14.9. The number of rotatable bonds is 2. The van der Waals surface area contributed by atoms with Crippen LogP contribution in [-0.2, 0) is 6.54 Å². The van der Waals surface area contributed by atoms with Crippen molar-refractivity contribution in [2.24, 2.45) is 0 Å². The summed E-state index contributed by atoms with van der Waals surface area (Å²) in [5.41, 5.74) is 2.23. The molecule has 1 aliphatic heterocycles. The van der Waals surface area contributed by atoms with Gasteiger partial charge in [-0.15, -0.1) is 0 Å². The summed E-state index contributed by atoms with van der Waals surface area (Å²) in [6.07, 6.45) is 0. The first-order chi connectivity index (χ1) is 7.40. The molecule has 4 heteroatoms. The number of hydrogen-bond acceptors (Lipinski definition) is 3. The van der Waals surface area contributed by atoms with Crippen LogP contribution in [0.4, 0.5) is 5.95 Å². The Labute approximate surface area is 87.8 Å². The average Bonchev–Trinajstić information content (AvgIpc) is 2.79. The molecular weight excluding hydrogens is 190 g/mol. The highest BCUT2D eigenvalue weighted by atomic mass is 16.3. The van der Waals surface area contributed by atoms with Crippen LogP contribution in [0.3, 0.4) is 0 Å². The second-order valence-electron chi connectivity index (χ2n) is 3.76. The third kappa shape index (κ3) is 1.22. The van der Waals surface area contributed by atoms with Gasteiger partial charge in [-0.2, -0.15) is 0 Å². The van der Waals surface area contributed by atoms with Crippen molar-refractivity contribution in [3.63, 3.8) is 0 Å². The lowest BCUT2D eigenvalue weighted by Crippen LogP contribution is -2.24. The van der Waals surface area contributed by atoms with Crippen LogP contribution < -0.4 is 4.90 Å². The van der Waals surface area contributed by atoms with E-state index >= 15 is 0 Å². The van der Waals surface area contributed by atoms with Crippen molar-refractivity contribution in [3.8, 4) is 0 Å². The number of fused-ring (bicyclic) bond motifs is 3. The molecule has 0 fully saturated rings. The maximum atomic E-state index is 8.95. The molecule has 2 heterocycles. The standard InChI is InChI=1S/C11H13N3O/c15-8-7-13-5-6-14-10-4-2-1-3-9(10)12-11(13)14/h1-4,15H,5-8H2. The number of anilines is 1. The Morgan fingerprint density at radius 2 is 2.13 bits per heavy atom. The Morgan fingerprint density at radius 1 is 1.27 bits per heavy atom. The number of nitrogens with zero attached hydrogens (tertiary/aromatic N) is 3.